The molecule has 0 bridgehead atoms. The van der Waals surface area contributed by atoms with E-state index in [4.69, 9.17) is 10.5 Å². The number of allylic oxidation sites excluding steroid dienone is 5. The third-order valence-corrected chi connectivity index (χ3v) is 8.94. The average molecular weight is 689 g/mol. The summed E-state index contributed by atoms with van der Waals surface area (Å²) in [7, 11) is 0. The molecular weight excluding hydrogens is 612 g/mol. The number of amides is 1. The summed E-state index contributed by atoms with van der Waals surface area (Å²) in [6.07, 6.45) is 42.0. The van der Waals surface area contributed by atoms with Crippen LogP contribution in [0.3, 0.4) is 0 Å². The summed E-state index contributed by atoms with van der Waals surface area (Å²) in [5.41, 5.74) is 5.47. The second-order valence-corrected chi connectivity index (χ2v) is 13.7. The molecule has 0 aliphatic rings. The van der Waals surface area contributed by atoms with E-state index in [1.807, 2.05) is 0 Å². The van der Waals surface area contributed by atoms with Gasteiger partial charge < -0.3 is 20.9 Å². The molecule has 284 valence electrons. The molecule has 2 unspecified atom stereocenters. The SMILES string of the molecule is CCCCC/C=C\C/C=C\C/C=C\C(CCCCCCCC(=O)NC(CCCN)C(=O)O)OC(=O)CCCCCCCCCCCCCC. The maximum absolute atomic E-state index is 12.7. The summed E-state index contributed by atoms with van der Waals surface area (Å²) in [5, 5.41) is 11.9. The topological polar surface area (TPSA) is 119 Å². The molecule has 0 fully saturated rings. The lowest BCUT2D eigenvalue weighted by Crippen LogP contribution is -2.40. The average Bonchev–Trinajstić information content (AvgIpc) is 3.08. The van der Waals surface area contributed by atoms with E-state index in [-0.39, 0.29) is 18.0 Å². The van der Waals surface area contributed by atoms with Gasteiger partial charge in [-0.2, -0.15) is 0 Å². The quantitative estimate of drug-likeness (QED) is 0.0342. The number of carboxylic acids is 1. The first-order valence-electron chi connectivity index (χ1n) is 20.3. The van der Waals surface area contributed by atoms with Crippen LogP contribution in [-0.4, -0.2) is 41.6 Å². The van der Waals surface area contributed by atoms with Crippen molar-refractivity contribution in [1.29, 1.82) is 0 Å². The van der Waals surface area contributed by atoms with Gasteiger partial charge in [0.1, 0.15) is 12.1 Å². The Morgan fingerprint density at radius 2 is 1.12 bits per heavy atom. The maximum Gasteiger partial charge on any atom is 0.326 e. The van der Waals surface area contributed by atoms with Crippen molar-refractivity contribution in [2.45, 2.75) is 206 Å². The minimum Gasteiger partial charge on any atom is -0.480 e. The summed E-state index contributed by atoms with van der Waals surface area (Å²) >= 11 is 0. The minimum absolute atomic E-state index is 0.0948. The molecule has 0 aliphatic carbocycles. The third kappa shape index (κ3) is 33.8. The van der Waals surface area contributed by atoms with Crippen molar-refractivity contribution in [2.24, 2.45) is 5.73 Å². The molecule has 0 heterocycles. The predicted octanol–water partition coefficient (Wildman–Crippen LogP) is 11.1. The van der Waals surface area contributed by atoms with Crippen LogP contribution in [0.2, 0.25) is 0 Å². The summed E-state index contributed by atoms with van der Waals surface area (Å²) in [4.78, 5) is 36.2. The highest BCUT2D eigenvalue weighted by Gasteiger charge is 2.18. The number of rotatable bonds is 36. The number of unbranched alkanes of at least 4 members (excludes halogenated alkanes) is 18. The molecule has 7 nitrogen and oxygen atoms in total. The lowest BCUT2D eigenvalue weighted by Gasteiger charge is -2.15. The Kier molecular flexibility index (Phi) is 35.0. The molecule has 4 N–H and O–H groups in total. The van der Waals surface area contributed by atoms with Gasteiger partial charge in [0, 0.05) is 12.8 Å². The van der Waals surface area contributed by atoms with Gasteiger partial charge in [-0.15, -0.1) is 0 Å². The second-order valence-electron chi connectivity index (χ2n) is 13.7. The predicted molar refractivity (Wildman–Crippen MR) is 207 cm³/mol. The van der Waals surface area contributed by atoms with Gasteiger partial charge >= 0.3 is 11.9 Å². The highest BCUT2D eigenvalue weighted by molar-refractivity contribution is 5.83. The Morgan fingerprint density at radius 1 is 0.612 bits per heavy atom. The fourth-order valence-corrected chi connectivity index (χ4v) is 5.85. The van der Waals surface area contributed by atoms with Crippen molar-refractivity contribution in [3.63, 3.8) is 0 Å². The van der Waals surface area contributed by atoms with Gasteiger partial charge in [0.15, 0.2) is 0 Å². The number of nitrogens with one attached hydrogen (secondary N) is 1. The maximum atomic E-state index is 12.7. The smallest absolute Gasteiger partial charge is 0.326 e. The van der Waals surface area contributed by atoms with E-state index in [1.54, 1.807) is 0 Å². The number of carboxylic acid groups (broad SMARTS) is 1. The first-order chi connectivity index (χ1) is 23.9. The van der Waals surface area contributed by atoms with E-state index in [9.17, 15) is 19.5 Å². The number of nitrogens with two attached hydrogens (primary N) is 1. The van der Waals surface area contributed by atoms with Gasteiger partial charge in [0.25, 0.3) is 0 Å². The molecule has 49 heavy (non-hydrogen) atoms. The number of ether oxygens (including phenoxy) is 1. The van der Waals surface area contributed by atoms with Crippen molar-refractivity contribution in [1.82, 2.24) is 5.32 Å². The van der Waals surface area contributed by atoms with E-state index in [1.165, 1.54) is 83.5 Å². The molecule has 0 aromatic heterocycles. The van der Waals surface area contributed by atoms with E-state index < -0.39 is 12.0 Å². The molecule has 1 amide bonds. The van der Waals surface area contributed by atoms with Gasteiger partial charge in [-0.3, -0.25) is 9.59 Å². The van der Waals surface area contributed by atoms with E-state index in [0.717, 1.165) is 70.6 Å². The monoisotopic (exact) mass is 689 g/mol. The van der Waals surface area contributed by atoms with Gasteiger partial charge in [-0.25, -0.2) is 4.79 Å². The Bertz CT molecular complexity index is 869. The number of hydrogen-bond acceptors (Lipinski definition) is 5. The second kappa shape index (κ2) is 36.9. The molecule has 0 radical (unpaired) electrons. The Labute approximate surface area is 301 Å². The van der Waals surface area contributed by atoms with Crippen LogP contribution in [0.1, 0.15) is 194 Å². The van der Waals surface area contributed by atoms with Crippen LogP contribution < -0.4 is 11.1 Å². The van der Waals surface area contributed by atoms with Gasteiger partial charge in [-0.1, -0.05) is 147 Å². The van der Waals surface area contributed by atoms with Crippen LogP contribution in [0.25, 0.3) is 0 Å². The molecule has 0 saturated heterocycles. The molecule has 0 aromatic carbocycles. The van der Waals surface area contributed by atoms with Crippen LogP contribution in [-0.2, 0) is 19.1 Å². The minimum atomic E-state index is -1.01. The van der Waals surface area contributed by atoms with E-state index in [2.05, 4.69) is 55.6 Å². The Morgan fingerprint density at radius 3 is 1.71 bits per heavy atom. The fourth-order valence-electron chi connectivity index (χ4n) is 5.85. The normalized spacial score (nSPS) is 13.0. The van der Waals surface area contributed by atoms with E-state index in [0.29, 0.717) is 32.2 Å². The molecular formula is C42H76N2O5. The molecule has 7 heteroatoms. The largest absolute Gasteiger partial charge is 0.480 e. The van der Waals surface area contributed by atoms with Gasteiger partial charge in [0.2, 0.25) is 5.91 Å². The number of esters is 1. The summed E-state index contributed by atoms with van der Waals surface area (Å²) in [6, 6.07) is -0.865. The molecule has 2 atom stereocenters. The lowest BCUT2D eigenvalue weighted by atomic mass is 10.0. The highest BCUT2D eigenvalue weighted by atomic mass is 16.5. The Balaban J connectivity index is 4.44. The highest BCUT2D eigenvalue weighted by Crippen LogP contribution is 2.16. The van der Waals surface area contributed by atoms with Crippen molar-refractivity contribution < 1.29 is 24.2 Å². The zero-order valence-electron chi connectivity index (χ0n) is 31.8. The van der Waals surface area contributed by atoms with Crippen molar-refractivity contribution in [2.75, 3.05) is 6.54 Å². The first-order valence-corrected chi connectivity index (χ1v) is 20.3. The van der Waals surface area contributed by atoms with Crippen LogP contribution >= 0.6 is 0 Å². The van der Waals surface area contributed by atoms with Gasteiger partial charge in [0.05, 0.1) is 0 Å². The summed E-state index contributed by atoms with van der Waals surface area (Å²) in [5.74, 6) is -1.32. The molecule has 0 rings (SSSR count). The fraction of sp³-hybridized carbons (Fsp3) is 0.786. The van der Waals surface area contributed by atoms with Crippen molar-refractivity contribution in [3.05, 3.63) is 36.5 Å². The number of hydrogen-bond donors (Lipinski definition) is 3. The van der Waals surface area contributed by atoms with E-state index >= 15 is 0 Å². The van der Waals surface area contributed by atoms with Crippen LogP contribution in [0, 0.1) is 0 Å². The van der Waals surface area contributed by atoms with Crippen molar-refractivity contribution in [3.8, 4) is 0 Å². The van der Waals surface area contributed by atoms with Crippen LogP contribution in [0.5, 0.6) is 0 Å². The molecule has 0 saturated carbocycles. The number of carbonyl (C=O) groups excluding carboxylic acids is 2. The lowest BCUT2D eigenvalue weighted by molar-refractivity contribution is -0.147. The summed E-state index contributed by atoms with van der Waals surface area (Å²) < 4.78 is 5.92. The zero-order valence-corrected chi connectivity index (χ0v) is 31.8. The van der Waals surface area contributed by atoms with Crippen LogP contribution in [0.15, 0.2) is 36.5 Å². The van der Waals surface area contributed by atoms with Crippen molar-refractivity contribution >= 4 is 17.8 Å². The number of carbonyl (C=O) groups is 3. The Hall–Kier alpha value is -2.41. The first kappa shape index (κ1) is 46.6. The molecule has 0 aliphatic heterocycles. The molecule has 0 aromatic rings. The zero-order chi connectivity index (χ0) is 36.0. The van der Waals surface area contributed by atoms with Crippen LogP contribution in [0.4, 0.5) is 0 Å². The third-order valence-electron chi connectivity index (χ3n) is 8.94. The standard InChI is InChI=1S/C42H76N2O5/c1-3-5-7-9-11-13-15-17-19-21-26-30-36-41(46)49-38(32-27-23-20-18-16-14-12-10-8-6-4-2)33-28-24-22-25-29-35-40(45)44-39(42(47)48)34-31-37-43/h12,14,18,20,27,32,38-39H,3-11,13,15-17,19,21-26,28-31,33-37,43H2,1-2H3,(H,44,45)(H,47,48)/b14-12-,20-18-,32-27-. The molecule has 0 spiro atoms. The van der Waals surface area contributed by atoms with Gasteiger partial charge in [-0.05, 0) is 76.8 Å². The number of aliphatic carboxylic acids is 1. The summed E-state index contributed by atoms with van der Waals surface area (Å²) in [6.45, 7) is 4.90.